The first-order chi connectivity index (χ1) is 8.19. The number of amidine groups is 1. The summed E-state index contributed by atoms with van der Waals surface area (Å²) in [5, 5.41) is 8.92. The summed E-state index contributed by atoms with van der Waals surface area (Å²) in [6, 6.07) is 0. The molecule has 0 aromatic carbocycles. The van der Waals surface area contributed by atoms with Crippen molar-refractivity contribution in [3.63, 3.8) is 0 Å². The summed E-state index contributed by atoms with van der Waals surface area (Å²) in [6.07, 6.45) is 3.07. The minimum absolute atomic E-state index is 0.704. The highest BCUT2D eigenvalue weighted by Gasteiger charge is 2.12. The maximum absolute atomic E-state index is 4.53. The molecule has 94 valence electrons. The van der Waals surface area contributed by atoms with Crippen LogP contribution in [0.4, 0.5) is 0 Å². The molecule has 0 amide bonds. The van der Waals surface area contributed by atoms with Crippen molar-refractivity contribution in [1.82, 2.24) is 15.1 Å². The minimum Gasteiger partial charge on any atom is -0.361 e. The summed E-state index contributed by atoms with van der Waals surface area (Å²) in [7, 11) is 1.97. The number of aromatic nitrogens is 2. The van der Waals surface area contributed by atoms with Gasteiger partial charge in [0.2, 0.25) is 0 Å². The Morgan fingerprint density at radius 3 is 3.06 bits per heavy atom. The molecule has 0 radical (unpaired) electrons. The second kappa shape index (κ2) is 5.58. The molecule has 1 N–H and O–H groups in total. The number of aryl methyl sites for hydroxylation is 2. The maximum Gasteiger partial charge on any atom is 0.156 e. The average molecular weight is 252 g/mol. The third kappa shape index (κ3) is 3.25. The number of nitrogens with one attached hydrogen (secondary N) is 1. The average Bonchev–Trinajstić information content (AvgIpc) is 2.69. The van der Waals surface area contributed by atoms with Crippen molar-refractivity contribution in [2.75, 3.05) is 12.3 Å². The van der Waals surface area contributed by atoms with Gasteiger partial charge in [-0.2, -0.15) is 5.10 Å². The maximum atomic E-state index is 4.53. The molecule has 5 heteroatoms. The van der Waals surface area contributed by atoms with E-state index in [1.54, 1.807) is 0 Å². The van der Waals surface area contributed by atoms with Gasteiger partial charge in [-0.25, -0.2) is 0 Å². The largest absolute Gasteiger partial charge is 0.361 e. The van der Waals surface area contributed by atoms with Gasteiger partial charge < -0.3 is 5.32 Å². The van der Waals surface area contributed by atoms with Crippen LogP contribution < -0.4 is 5.32 Å². The molecule has 1 unspecified atom stereocenters. The van der Waals surface area contributed by atoms with Crippen LogP contribution in [0, 0.1) is 5.92 Å². The van der Waals surface area contributed by atoms with Crippen LogP contribution in [0.15, 0.2) is 11.2 Å². The summed E-state index contributed by atoms with van der Waals surface area (Å²) in [6.45, 7) is 6.16. The van der Waals surface area contributed by atoms with Crippen LogP contribution in [0.1, 0.15) is 25.1 Å². The van der Waals surface area contributed by atoms with Crippen molar-refractivity contribution < 1.29 is 0 Å². The van der Waals surface area contributed by atoms with E-state index < -0.39 is 0 Å². The number of hydrogen-bond acceptors (Lipinski definition) is 4. The van der Waals surface area contributed by atoms with E-state index in [0.717, 1.165) is 24.7 Å². The molecule has 1 aromatic rings. The molecule has 0 spiro atoms. The summed E-state index contributed by atoms with van der Waals surface area (Å²) >= 11 is 1.82. The van der Waals surface area contributed by atoms with Crippen LogP contribution in [-0.4, -0.2) is 27.2 Å². The second-order valence-corrected chi connectivity index (χ2v) is 5.55. The molecule has 17 heavy (non-hydrogen) atoms. The molecule has 1 aliphatic heterocycles. The number of hydrogen-bond donors (Lipinski definition) is 1. The van der Waals surface area contributed by atoms with Gasteiger partial charge in [-0.1, -0.05) is 25.6 Å². The summed E-state index contributed by atoms with van der Waals surface area (Å²) < 4.78 is 1.88. The standard InChI is InChI=1S/C12H20N4S/c1-4-11-10(7-16(3)15-11)6-14-12-13-5-9(2)8-17-12/h7,9H,4-6,8H2,1-3H3,(H,13,14). The minimum atomic E-state index is 0.704. The van der Waals surface area contributed by atoms with Crippen LogP contribution in [0.5, 0.6) is 0 Å². The molecular weight excluding hydrogens is 232 g/mol. The molecule has 0 saturated carbocycles. The lowest BCUT2D eigenvalue weighted by molar-refractivity contribution is 0.669. The summed E-state index contributed by atoms with van der Waals surface area (Å²) in [4.78, 5) is 4.53. The van der Waals surface area contributed by atoms with E-state index in [-0.39, 0.29) is 0 Å². The Kier molecular flexibility index (Phi) is 4.10. The fourth-order valence-corrected chi connectivity index (χ4v) is 2.75. The fraction of sp³-hybridized carbons (Fsp3) is 0.667. The Morgan fingerprint density at radius 1 is 1.59 bits per heavy atom. The predicted molar refractivity (Wildman–Crippen MR) is 73.3 cm³/mol. The van der Waals surface area contributed by atoms with Gasteiger partial charge in [-0.05, 0) is 12.3 Å². The topological polar surface area (TPSA) is 42.2 Å². The highest BCUT2D eigenvalue weighted by molar-refractivity contribution is 8.13. The van der Waals surface area contributed by atoms with Gasteiger partial charge in [-0.15, -0.1) is 0 Å². The van der Waals surface area contributed by atoms with E-state index in [9.17, 15) is 0 Å². The van der Waals surface area contributed by atoms with Crippen LogP contribution in [-0.2, 0) is 20.0 Å². The monoisotopic (exact) mass is 252 g/mol. The van der Waals surface area contributed by atoms with Crippen molar-refractivity contribution in [2.24, 2.45) is 18.0 Å². The third-order valence-electron chi connectivity index (χ3n) is 2.81. The summed E-state index contributed by atoms with van der Waals surface area (Å²) in [5.74, 6) is 1.87. The molecule has 0 saturated heterocycles. The Labute approximate surface area is 107 Å². The highest BCUT2D eigenvalue weighted by Crippen LogP contribution is 2.16. The van der Waals surface area contributed by atoms with Gasteiger partial charge in [0.15, 0.2) is 5.17 Å². The Morgan fingerprint density at radius 2 is 2.41 bits per heavy atom. The number of thioether (sulfide) groups is 1. The first-order valence-corrected chi connectivity index (χ1v) is 7.10. The number of nitrogens with zero attached hydrogens (tertiary/aromatic N) is 3. The van der Waals surface area contributed by atoms with Crippen molar-refractivity contribution in [1.29, 1.82) is 0 Å². The van der Waals surface area contributed by atoms with Crippen LogP contribution >= 0.6 is 11.8 Å². The quantitative estimate of drug-likeness (QED) is 0.892. The highest BCUT2D eigenvalue weighted by atomic mass is 32.2. The molecule has 2 heterocycles. The predicted octanol–water partition coefficient (Wildman–Crippen LogP) is 1.81. The van der Waals surface area contributed by atoms with Crippen molar-refractivity contribution in [3.8, 4) is 0 Å². The molecular formula is C12H20N4S. The van der Waals surface area contributed by atoms with Crippen LogP contribution in [0.2, 0.25) is 0 Å². The molecule has 0 aliphatic carbocycles. The molecule has 2 rings (SSSR count). The molecule has 4 nitrogen and oxygen atoms in total. The molecule has 1 aliphatic rings. The molecule has 0 fully saturated rings. The fourth-order valence-electron chi connectivity index (χ4n) is 1.87. The third-order valence-corrected chi connectivity index (χ3v) is 4.09. The van der Waals surface area contributed by atoms with E-state index >= 15 is 0 Å². The Hall–Kier alpha value is -0.970. The number of rotatable bonds is 3. The zero-order valence-corrected chi connectivity index (χ0v) is 11.5. The van der Waals surface area contributed by atoms with E-state index in [0.29, 0.717) is 5.92 Å². The Balaban J connectivity index is 1.93. The van der Waals surface area contributed by atoms with Crippen molar-refractivity contribution in [3.05, 3.63) is 17.5 Å². The van der Waals surface area contributed by atoms with Crippen molar-refractivity contribution >= 4 is 16.9 Å². The van der Waals surface area contributed by atoms with Gasteiger partial charge in [0.05, 0.1) is 5.69 Å². The smallest absolute Gasteiger partial charge is 0.156 e. The van der Waals surface area contributed by atoms with Crippen molar-refractivity contribution in [2.45, 2.75) is 26.8 Å². The van der Waals surface area contributed by atoms with Gasteiger partial charge in [-0.3, -0.25) is 9.67 Å². The SMILES string of the molecule is CCc1nn(C)cc1CNC1=NCC(C)CS1. The summed E-state index contributed by atoms with van der Waals surface area (Å²) in [5.41, 5.74) is 2.45. The van der Waals surface area contributed by atoms with Crippen LogP contribution in [0.3, 0.4) is 0 Å². The molecule has 1 atom stereocenters. The lowest BCUT2D eigenvalue weighted by Crippen LogP contribution is -2.25. The van der Waals surface area contributed by atoms with E-state index in [1.165, 1.54) is 17.0 Å². The van der Waals surface area contributed by atoms with E-state index in [4.69, 9.17) is 0 Å². The zero-order chi connectivity index (χ0) is 12.3. The lowest BCUT2D eigenvalue weighted by atomic mass is 10.2. The normalized spacial score (nSPS) is 20.2. The van der Waals surface area contributed by atoms with Gasteiger partial charge in [0, 0.05) is 37.7 Å². The molecule has 1 aromatic heterocycles. The second-order valence-electron chi connectivity index (χ2n) is 4.54. The van der Waals surface area contributed by atoms with Crippen LogP contribution in [0.25, 0.3) is 0 Å². The van der Waals surface area contributed by atoms with E-state index in [1.807, 2.05) is 23.5 Å². The Bertz CT molecular complexity index is 411. The van der Waals surface area contributed by atoms with Gasteiger partial charge >= 0.3 is 0 Å². The molecule has 0 bridgehead atoms. The lowest BCUT2D eigenvalue weighted by Gasteiger charge is -2.17. The van der Waals surface area contributed by atoms with Gasteiger partial charge in [0.1, 0.15) is 0 Å². The van der Waals surface area contributed by atoms with Gasteiger partial charge in [0.25, 0.3) is 0 Å². The van der Waals surface area contributed by atoms with E-state index in [2.05, 4.69) is 35.5 Å². The number of aliphatic imine (C=N–C) groups is 1. The first kappa shape index (κ1) is 12.5. The first-order valence-electron chi connectivity index (χ1n) is 6.11. The zero-order valence-electron chi connectivity index (χ0n) is 10.7.